The van der Waals surface area contributed by atoms with Gasteiger partial charge in [-0.1, -0.05) is 6.92 Å². The maximum Gasteiger partial charge on any atom is 0.214 e. The molecule has 6 heteroatoms. The molecule has 1 aliphatic rings. The maximum atomic E-state index is 12.1. The van der Waals surface area contributed by atoms with Crippen molar-refractivity contribution in [2.75, 3.05) is 18.8 Å². The number of halogens is 1. The molecule has 1 aromatic heterocycles. The van der Waals surface area contributed by atoms with Gasteiger partial charge < -0.3 is 0 Å². The van der Waals surface area contributed by atoms with Gasteiger partial charge in [0.2, 0.25) is 10.0 Å². The molecule has 4 nitrogen and oxygen atoms in total. The highest BCUT2D eigenvalue weighted by Crippen LogP contribution is 2.37. The zero-order chi connectivity index (χ0) is 14.8. The van der Waals surface area contributed by atoms with Gasteiger partial charge in [0.15, 0.2) is 0 Å². The SMILES string of the molecule is [CH2]C1(c2ncccc2Br)CCN(S(=O)(=O)CCC)CC1. The molecule has 1 fully saturated rings. The Kier molecular flexibility index (Phi) is 4.87. The summed E-state index contributed by atoms with van der Waals surface area (Å²) < 4.78 is 26.7. The van der Waals surface area contributed by atoms with Crippen molar-refractivity contribution in [3.05, 3.63) is 35.4 Å². The van der Waals surface area contributed by atoms with Crippen molar-refractivity contribution in [1.29, 1.82) is 0 Å². The van der Waals surface area contributed by atoms with Gasteiger partial charge in [0.25, 0.3) is 0 Å². The van der Waals surface area contributed by atoms with E-state index in [2.05, 4.69) is 27.8 Å². The lowest BCUT2D eigenvalue weighted by molar-refractivity contribution is 0.265. The summed E-state index contributed by atoms with van der Waals surface area (Å²) in [4.78, 5) is 4.42. The summed E-state index contributed by atoms with van der Waals surface area (Å²) in [5, 5.41) is 0. The summed E-state index contributed by atoms with van der Waals surface area (Å²) in [6.07, 6.45) is 3.81. The van der Waals surface area contributed by atoms with E-state index < -0.39 is 10.0 Å². The monoisotopic (exact) mass is 359 g/mol. The van der Waals surface area contributed by atoms with Gasteiger partial charge in [0, 0.05) is 29.2 Å². The highest BCUT2D eigenvalue weighted by atomic mass is 79.9. The number of piperidine rings is 1. The van der Waals surface area contributed by atoms with Gasteiger partial charge >= 0.3 is 0 Å². The highest BCUT2D eigenvalue weighted by molar-refractivity contribution is 9.10. The molecule has 2 heterocycles. The fraction of sp³-hybridized carbons (Fsp3) is 0.571. The molecule has 111 valence electrons. The van der Waals surface area contributed by atoms with Gasteiger partial charge in [-0.05, 0) is 54.2 Å². The molecule has 1 radical (unpaired) electrons. The largest absolute Gasteiger partial charge is 0.260 e. The first kappa shape index (κ1) is 15.9. The van der Waals surface area contributed by atoms with Crippen molar-refractivity contribution in [3.8, 4) is 0 Å². The van der Waals surface area contributed by atoms with Gasteiger partial charge in [0.1, 0.15) is 0 Å². The van der Waals surface area contributed by atoms with E-state index >= 15 is 0 Å². The van der Waals surface area contributed by atoms with Crippen LogP contribution >= 0.6 is 15.9 Å². The average Bonchev–Trinajstić information content (AvgIpc) is 2.39. The fourth-order valence-corrected chi connectivity index (χ4v) is 4.78. The third-order valence-corrected chi connectivity index (χ3v) is 6.51. The van der Waals surface area contributed by atoms with Crippen molar-refractivity contribution >= 4 is 26.0 Å². The van der Waals surface area contributed by atoms with E-state index in [0.717, 1.165) is 10.2 Å². The molecular formula is C14H20BrN2O2S. The summed E-state index contributed by atoms with van der Waals surface area (Å²) in [6, 6.07) is 3.83. The average molecular weight is 360 g/mol. The maximum absolute atomic E-state index is 12.1. The van der Waals surface area contributed by atoms with Crippen LogP contribution in [0, 0.1) is 6.92 Å². The van der Waals surface area contributed by atoms with E-state index in [1.54, 1.807) is 10.5 Å². The van der Waals surface area contributed by atoms with E-state index in [1.807, 2.05) is 19.1 Å². The minimum Gasteiger partial charge on any atom is -0.260 e. The van der Waals surface area contributed by atoms with Crippen LogP contribution in [0.15, 0.2) is 22.8 Å². The highest BCUT2D eigenvalue weighted by Gasteiger charge is 2.37. The zero-order valence-corrected chi connectivity index (χ0v) is 14.1. The number of sulfonamides is 1. The van der Waals surface area contributed by atoms with Crippen LogP contribution in [0.2, 0.25) is 0 Å². The Morgan fingerprint density at radius 3 is 2.65 bits per heavy atom. The van der Waals surface area contributed by atoms with Crippen LogP contribution in [0.25, 0.3) is 0 Å². The summed E-state index contributed by atoms with van der Waals surface area (Å²) in [5.74, 6) is 0.227. The van der Waals surface area contributed by atoms with Gasteiger partial charge in [-0.3, -0.25) is 4.98 Å². The zero-order valence-electron chi connectivity index (χ0n) is 11.7. The first-order valence-electron chi connectivity index (χ1n) is 6.83. The minimum absolute atomic E-state index is 0.227. The molecule has 0 unspecified atom stereocenters. The van der Waals surface area contributed by atoms with Gasteiger partial charge in [-0.15, -0.1) is 0 Å². The second kappa shape index (κ2) is 6.12. The summed E-state index contributed by atoms with van der Waals surface area (Å²) in [5.41, 5.74) is 0.616. The Labute approximate surface area is 129 Å². The lowest BCUT2D eigenvalue weighted by Crippen LogP contribution is -2.45. The second-order valence-electron chi connectivity index (χ2n) is 5.33. The fourth-order valence-electron chi connectivity index (χ4n) is 2.59. The van der Waals surface area contributed by atoms with Crippen LogP contribution in [0.3, 0.4) is 0 Å². The lowest BCUT2D eigenvalue weighted by Gasteiger charge is -2.38. The molecular weight excluding hydrogens is 340 g/mol. The van der Waals surface area contributed by atoms with Crippen LogP contribution in [-0.2, 0) is 15.4 Å². The van der Waals surface area contributed by atoms with E-state index in [1.165, 1.54) is 0 Å². The molecule has 2 rings (SSSR count). The van der Waals surface area contributed by atoms with Crippen LogP contribution in [0.1, 0.15) is 31.9 Å². The van der Waals surface area contributed by atoms with Crippen molar-refractivity contribution in [3.63, 3.8) is 0 Å². The molecule has 0 saturated carbocycles. The molecule has 0 aliphatic carbocycles. The smallest absolute Gasteiger partial charge is 0.214 e. The normalized spacial score (nSPS) is 19.9. The topological polar surface area (TPSA) is 50.3 Å². The second-order valence-corrected chi connectivity index (χ2v) is 8.27. The number of aromatic nitrogens is 1. The van der Waals surface area contributed by atoms with Crippen LogP contribution in [-0.4, -0.2) is 36.5 Å². The number of hydrogen-bond acceptors (Lipinski definition) is 3. The number of nitrogens with zero attached hydrogens (tertiary/aromatic N) is 2. The van der Waals surface area contributed by atoms with Gasteiger partial charge in [-0.2, -0.15) is 0 Å². The van der Waals surface area contributed by atoms with Crippen LogP contribution < -0.4 is 0 Å². The van der Waals surface area contributed by atoms with Crippen molar-refractivity contribution in [2.24, 2.45) is 0 Å². The molecule has 0 atom stereocenters. The Morgan fingerprint density at radius 1 is 1.45 bits per heavy atom. The van der Waals surface area contributed by atoms with Crippen LogP contribution in [0.4, 0.5) is 0 Å². The molecule has 0 spiro atoms. The molecule has 1 saturated heterocycles. The Hall–Kier alpha value is -0.460. The van der Waals surface area contributed by atoms with E-state index in [0.29, 0.717) is 32.4 Å². The van der Waals surface area contributed by atoms with Gasteiger partial charge in [-0.25, -0.2) is 12.7 Å². The number of rotatable bonds is 4. The lowest BCUT2D eigenvalue weighted by atomic mass is 9.78. The van der Waals surface area contributed by atoms with Crippen LogP contribution in [0.5, 0.6) is 0 Å². The summed E-state index contributed by atoms with van der Waals surface area (Å²) in [7, 11) is -3.10. The Morgan fingerprint density at radius 2 is 2.10 bits per heavy atom. The van der Waals surface area contributed by atoms with Crippen molar-refractivity contribution in [2.45, 2.75) is 31.6 Å². The third-order valence-electron chi connectivity index (χ3n) is 3.80. The number of hydrogen-bond donors (Lipinski definition) is 0. The molecule has 0 N–H and O–H groups in total. The van der Waals surface area contributed by atoms with Crippen molar-refractivity contribution in [1.82, 2.24) is 9.29 Å². The quantitative estimate of drug-likeness (QED) is 0.830. The van der Waals surface area contributed by atoms with E-state index in [4.69, 9.17) is 0 Å². The molecule has 0 amide bonds. The predicted molar refractivity (Wildman–Crippen MR) is 83.9 cm³/mol. The standard InChI is InChI=1S/C14H20BrN2O2S/c1-3-11-20(18,19)17-9-6-14(2,7-10-17)13-12(15)5-4-8-16-13/h4-5,8H,2-3,6-7,9-11H2,1H3. The van der Waals surface area contributed by atoms with Gasteiger partial charge in [0.05, 0.1) is 11.4 Å². The Bertz CT molecular complexity index is 566. The molecule has 1 aromatic rings. The summed E-state index contributed by atoms with van der Waals surface area (Å²) >= 11 is 3.51. The molecule has 0 aromatic carbocycles. The molecule has 0 bridgehead atoms. The first-order valence-corrected chi connectivity index (χ1v) is 9.23. The molecule has 1 aliphatic heterocycles. The minimum atomic E-state index is -3.10. The number of pyridine rings is 1. The third kappa shape index (κ3) is 3.23. The summed E-state index contributed by atoms with van der Waals surface area (Å²) in [6.45, 7) is 7.24. The first-order chi connectivity index (χ1) is 9.39. The molecule has 20 heavy (non-hydrogen) atoms. The van der Waals surface area contributed by atoms with E-state index in [9.17, 15) is 8.42 Å². The predicted octanol–water partition coefficient (Wildman–Crippen LogP) is 2.75. The van der Waals surface area contributed by atoms with Crippen molar-refractivity contribution < 1.29 is 8.42 Å². The van der Waals surface area contributed by atoms with E-state index in [-0.39, 0.29) is 11.2 Å². The Balaban J connectivity index is 2.13.